The minimum Gasteiger partial charge on any atom is -0.368 e. The van der Waals surface area contributed by atoms with Gasteiger partial charge in [-0.25, -0.2) is 0 Å². The van der Waals surface area contributed by atoms with E-state index >= 15 is 0 Å². The van der Waals surface area contributed by atoms with Crippen LogP contribution >= 0.6 is 0 Å². The topological polar surface area (TPSA) is 72.2 Å². The highest BCUT2D eigenvalue weighted by Crippen LogP contribution is 2.39. The summed E-state index contributed by atoms with van der Waals surface area (Å²) in [7, 11) is 0. The maximum absolute atomic E-state index is 14.1. The molecule has 3 N–H and O–H groups in total. The van der Waals surface area contributed by atoms with Crippen molar-refractivity contribution in [3.8, 4) is 0 Å². The third-order valence-electron chi connectivity index (χ3n) is 5.77. The van der Waals surface area contributed by atoms with E-state index in [0.29, 0.717) is 0 Å². The molecular weight excluding hydrogens is 372 g/mol. The smallest absolute Gasteiger partial charge is 0.240 e. The number of amides is 2. The molecule has 30 heavy (non-hydrogen) atoms. The normalized spacial score (nSPS) is 13.3. The van der Waals surface area contributed by atoms with Crippen LogP contribution in [0.2, 0.25) is 0 Å². The molecule has 3 aromatic rings. The van der Waals surface area contributed by atoms with Crippen molar-refractivity contribution >= 4 is 11.8 Å². The molecule has 0 fully saturated rings. The summed E-state index contributed by atoms with van der Waals surface area (Å²) in [6.07, 6.45) is 0.725. The first-order valence-corrected chi connectivity index (χ1v) is 10.3. The first-order chi connectivity index (χ1) is 14.5. The molecule has 4 heteroatoms. The zero-order valence-electron chi connectivity index (χ0n) is 17.4. The molecule has 0 aliphatic heterocycles. The van der Waals surface area contributed by atoms with Crippen molar-refractivity contribution in [2.24, 2.45) is 11.7 Å². The van der Waals surface area contributed by atoms with Crippen LogP contribution in [-0.4, -0.2) is 17.9 Å². The monoisotopic (exact) mass is 400 g/mol. The molecule has 0 radical (unpaired) electrons. The van der Waals surface area contributed by atoms with Crippen molar-refractivity contribution in [2.45, 2.75) is 31.7 Å². The highest BCUT2D eigenvalue weighted by atomic mass is 16.2. The van der Waals surface area contributed by atoms with E-state index in [1.807, 2.05) is 105 Å². The van der Waals surface area contributed by atoms with Gasteiger partial charge in [0.2, 0.25) is 11.8 Å². The van der Waals surface area contributed by atoms with Crippen LogP contribution in [0.25, 0.3) is 0 Å². The van der Waals surface area contributed by atoms with Crippen LogP contribution in [0.3, 0.4) is 0 Å². The molecule has 0 aliphatic carbocycles. The Balaban J connectivity index is 2.26. The third kappa shape index (κ3) is 3.99. The van der Waals surface area contributed by atoms with Crippen LogP contribution in [0, 0.1) is 5.92 Å². The van der Waals surface area contributed by atoms with Gasteiger partial charge in [-0.3, -0.25) is 9.59 Å². The molecule has 2 amide bonds. The Morgan fingerprint density at radius 3 is 1.47 bits per heavy atom. The van der Waals surface area contributed by atoms with Gasteiger partial charge in [-0.1, -0.05) is 111 Å². The van der Waals surface area contributed by atoms with E-state index in [4.69, 9.17) is 5.73 Å². The molecule has 0 spiro atoms. The molecule has 3 rings (SSSR count). The second-order valence-electron chi connectivity index (χ2n) is 7.59. The van der Waals surface area contributed by atoms with Gasteiger partial charge < -0.3 is 11.1 Å². The van der Waals surface area contributed by atoms with E-state index in [9.17, 15) is 9.59 Å². The molecule has 0 aromatic heterocycles. The Morgan fingerprint density at radius 1 is 0.800 bits per heavy atom. The van der Waals surface area contributed by atoms with Gasteiger partial charge in [0.1, 0.15) is 11.5 Å². The van der Waals surface area contributed by atoms with Gasteiger partial charge >= 0.3 is 0 Å². The molecule has 4 nitrogen and oxygen atoms in total. The van der Waals surface area contributed by atoms with E-state index in [2.05, 4.69) is 5.32 Å². The van der Waals surface area contributed by atoms with Crippen molar-refractivity contribution in [3.05, 3.63) is 108 Å². The van der Waals surface area contributed by atoms with Crippen LogP contribution in [0.4, 0.5) is 0 Å². The van der Waals surface area contributed by atoms with E-state index in [1.165, 1.54) is 0 Å². The maximum atomic E-state index is 14.1. The predicted octanol–water partition coefficient (Wildman–Crippen LogP) is 4.04. The largest absolute Gasteiger partial charge is 0.368 e. The number of carbonyl (C=O) groups excluding carboxylic acids is 2. The Morgan fingerprint density at radius 2 is 1.17 bits per heavy atom. The maximum Gasteiger partial charge on any atom is 0.240 e. The van der Waals surface area contributed by atoms with E-state index in [-0.39, 0.29) is 11.8 Å². The Labute approximate surface area is 178 Å². The molecule has 2 atom stereocenters. The fourth-order valence-electron chi connectivity index (χ4n) is 3.94. The van der Waals surface area contributed by atoms with Crippen molar-refractivity contribution in [1.29, 1.82) is 0 Å². The fraction of sp³-hybridized carbons (Fsp3) is 0.231. The summed E-state index contributed by atoms with van der Waals surface area (Å²) in [6.45, 7) is 3.90. The van der Waals surface area contributed by atoms with E-state index in [1.54, 1.807) is 0 Å². The summed E-state index contributed by atoms with van der Waals surface area (Å²) in [6, 6.07) is 28.2. The summed E-state index contributed by atoms with van der Waals surface area (Å²) in [4.78, 5) is 26.3. The van der Waals surface area contributed by atoms with Crippen LogP contribution in [0.1, 0.15) is 37.0 Å². The number of rotatable bonds is 8. The molecule has 0 unspecified atom stereocenters. The lowest BCUT2D eigenvalue weighted by Crippen LogP contribution is -2.55. The van der Waals surface area contributed by atoms with Crippen LogP contribution in [-0.2, 0) is 15.0 Å². The first kappa shape index (κ1) is 21.3. The molecule has 0 saturated heterocycles. The van der Waals surface area contributed by atoms with Crippen molar-refractivity contribution in [1.82, 2.24) is 5.32 Å². The molecule has 0 bridgehead atoms. The highest BCUT2D eigenvalue weighted by molar-refractivity contribution is 5.98. The van der Waals surface area contributed by atoms with E-state index in [0.717, 1.165) is 23.1 Å². The molecule has 0 saturated carbocycles. The number of benzene rings is 3. The number of primary amides is 1. The van der Waals surface area contributed by atoms with Crippen LogP contribution in [0.15, 0.2) is 91.0 Å². The lowest BCUT2D eigenvalue weighted by atomic mass is 9.68. The third-order valence-corrected chi connectivity index (χ3v) is 5.77. The van der Waals surface area contributed by atoms with Gasteiger partial charge in [0.05, 0.1) is 0 Å². The van der Waals surface area contributed by atoms with Gasteiger partial charge in [0.15, 0.2) is 0 Å². The summed E-state index contributed by atoms with van der Waals surface area (Å²) in [5, 5.41) is 2.99. The number of carbonyl (C=O) groups is 2. The molecule has 154 valence electrons. The number of hydrogen-bond acceptors (Lipinski definition) is 2. The lowest BCUT2D eigenvalue weighted by Gasteiger charge is -2.36. The minimum absolute atomic E-state index is 0.0773. The quantitative estimate of drug-likeness (QED) is 0.560. The predicted molar refractivity (Wildman–Crippen MR) is 120 cm³/mol. The first-order valence-electron chi connectivity index (χ1n) is 10.3. The SMILES string of the molecule is CC[C@@H](C)[C@H](NC(=O)C(c1ccccc1)(c1ccccc1)c1ccccc1)C(N)=O. The summed E-state index contributed by atoms with van der Waals surface area (Å²) in [5.74, 6) is -0.873. The number of nitrogens with two attached hydrogens (primary N) is 1. The Kier molecular flexibility index (Phi) is 6.68. The van der Waals surface area contributed by atoms with Crippen molar-refractivity contribution in [3.63, 3.8) is 0 Å². The lowest BCUT2D eigenvalue weighted by molar-refractivity contribution is -0.130. The fourth-order valence-corrected chi connectivity index (χ4v) is 3.94. The van der Waals surface area contributed by atoms with Crippen LogP contribution < -0.4 is 11.1 Å². The second-order valence-corrected chi connectivity index (χ2v) is 7.59. The van der Waals surface area contributed by atoms with Gasteiger partial charge in [0, 0.05) is 0 Å². The average molecular weight is 401 g/mol. The van der Waals surface area contributed by atoms with Crippen molar-refractivity contribution in [2.75, 3.05) is 0 Å². The van der Waals surface area contributed by atoms with Gasteiger partial charge in [0.25, 0.3) is 0 Å². The van der Waals surface area contributed by atoms with Gasteiger partial charge in [-0.2, -0.15) is 0 Å². The van der Waals surface area contributed by atoms with Crippen molar-refractivity contribution < 1.29 is 9.59 Å². The summed E-state index contributed by atoms with van der Waals surface area (Å²) >= 11 is 0. The zero-order valence-corrected chi connectivity index (χ0v) is 17.4. The molecule has 0 aliphatic rings. The Hall–Kier alpha value is -3.40. The molecule has 0 heterocycles. The number of hydrogen-bond donors (Lipinski definition) is 2. The van der Waals surface area contributed by atoms with Gasteiger partial charge in [-0.05, 0) is 22.6 Å². The summed E-state index contributed by atoms with van der Waals surface area (Å²) in [5.41, 5.74) is 7.03. The van der Waals surface area contributed by atoms with E-state index < -0.39 is 17.4 Å². The minimum atomic E-state index is -1.12. The Bertz CT molecular complexity index is 875. The molecule has 3 aromatic carbocycles. The van der Waals surface area contributed by atoms with Gasteiger partial charge in [-0.15, -0.1) is 0 Å². The van der Waals surface area contributed by atoms with Crippen LogP contribution in [0.5, 0.6) is 0 Å². The highest BCUT2D eigenvalue weighted by Gasteiger charge is 2.45. The summed E-state index contributed by atoms with van der Waals surface area (Å²) < 4.78 is 0. The standard InChI is InChI=1S/C26H28N2O2/c1-3-19(2)23(24(27)29)28-25(30)26(20-13-7-4-8-14-20,21-15-9-5-10-16-21)22-17-11-6-12-18-22/h4-19,23H,3H2,1-2H3,(H2,27,29)(H,28,30)/t19-,23+/m1/s1. The second kappa shape index (κ2) is 9.40. The molecular formula is C26H28N2O2. The zero-order chi connectivity index (χ0) is 21.6. The average Bonchev–Trinajstić information content (AvgIpc) is 2.79. The number of nitrogens with one attached hydrogen (secondary N) is 1.